The second kappa shape index (κ2) is 5.92. The van der Waals surface area contributed by atoms with Crippen LogP contribution in [0.15, 0.2) is 30.7 Å². The molecule has 18 heavy (non-hydrogen) atoms. The van der Waals surface area contributed by atoms with Gasteiger partial charge in [0.25, 0.3) is 0 Å². The number of nitrogens with two attached hydrogens (primary N) is 1. The van der Waals surface area contributed by atoms with Gasteiger partial charge in [-0.3, -0.25) is 14.9 Å². The van der Waals surface area contributed by atoms with Crippen molar-refractivity contribution in [2.75, 3.05) is 6.54 Å². The smallest absolute Gasteiger partial charge is 0.218 e. The normalized spacial score (nSPS) is 10.4. The van der Waals surface area contributed by atoms with Crippen molar-refractivity contribution >= 4 is 5.91 Å². The van der Waals surface area contributed by atoms with Crippen molar-refractivity contribution in [3.05, 3.63) is 36.3 Å². The third-order valence-corrected chi connectivity index (χ3v) is 2.53. The van der Waals surface area contributed by atoms with E-state index in [2.05, 4.69) is 20.5 Å². The van der Waals surface area contributed by atoms with Gasteiger partial charge < -0.3 is 11.1 Å². The predicted octanol–water partition coefficient (Wildman–Crippen LogP) is 0.437. The van der Waals surface area contributed by atoms with Crippen LogP contribution in [0.4, 0.5) is 0 Å². The minimum atomic E-state index is -0.304. The standard InChI is InChI=1S/C12H15N5O/c13-11(18)3-5-15-7-10-8-16-17-12(10)9-2-1-4-14-6-9/h1-2,4,6,8,15H,3,5,7H2,(H2,13,18)(H,16,17). The summed E-state index contributed by atoms with van der Waals surface area (Å²) >= 11 is 0. The number of hydrogen-bond donors (Lipinski definition) is 3. The van der Waals surface area contributed by atoms with Gasteiger partial charge in [0.1, 0.15) is 0 Å². The van der Waals surface area contributed by atoms with Crippen molar-refractivity contribution in [1.29, 1.82) is 0 Å². The molecule has 2 aromatic heterocycles. The van der Waals surface area contributed by atoms with Gasteiger partial charge in [-0.2, -0.15) is 5.10 Å². The van der Waals surface area contributed by atoms with E-state index in [1.54, 1.807) is 18.6 Å². The van der Waals surface area contributed by atoms with Crippen LogP contribution in [-0.4, -0.2) is 27.6 Å². The van der Waals surface area contributed by atoms with Gasteiger partial charge in [0.15, 0.2) is 0 Å². The minimum Gasteiger partial charge on any atom is -0.370 e. The maximum atomic E-state index is 10.6. The third-order valence-electron chi connectivity index (χ3n) is 2.53. The van der Waals surface area contributed by atoms with Crippen molar-refractivity contribution in [2.45, 2.75) is 13.0 Å². The highest BCUT2D eigenvalue weighted by Crippen LogP contribution is 2.19. The highest BCUT2D eigenvalue weighted by Gasteiger charge is 2.07. The molecule has 0 radical (unpaired) electrons. The molecule has 0 aliphatic heterocycles. The van der Waals surface area contributed by atoms with E-state index in [9.17, 15) is 4.79 Å². The molecule has 0 aliphatic carbocycles. The molecule has 0 saturated carbocycles. The number of aromatic amines is 1. The zero-order valence-electron chi connectivity index (χ0n) is 9.89. The Morgan fingerprint density at radius 2 is 2.33 bits per heavy atom. The average Bonchev–Trinajstić information content (AvgIpc) is 2.84. The molecule has 4 N–H and O–H groups in total. The molecule has 2 rings (SSSR count). The summed E-state index contributed by atoms with van der Waals surface area (Å²) in [6.07, 6.45) is 5.60. The quantitative estimate of drug-likeness (QED) is 0.643. The molecule has 0 unspecified atom stereocenters. The maximum Gasteiger partial charge on any atom is 0.218 e. The molecule has 1 amide bonds. The minimum absolute atomic E-state index is 0.304. The summed E-state index contributed by atoms with van der Waals surface area (Å²) in [4.78, 5) is 14.7. The van der Waals surface area contributed by atoms with E-state index < -0.39 is 0 Å². The van der Waals surface area contributed by atoms with Crippen LogP contribution in [0.3, 0.4) is 0 Å². The summed E-state index contributed by atoms with van der Waals surface area (Å²) in [5.41, 5.74) is 8.03. The van der Waals surface area contributed by atoms with E-state index in [-0.39, 0.29) is 5.91 Å². The topological polar surface area (TPSA) is 96.7 Å². The Bertz CT molecular complexity index is 508. The fourth-order valence-electron chi connectivity index (χ4n) is 1.64. The molecule has 6 nitrogen and oxygen atoms in total. The van der Waals surface area contributed by atoms with Crippen molar-refractivity contribution in [3.63, 3.8) is 0 Å². The number of pyridine rings is 1. The fraction of sp³-hybridized carbons (Fsp3) is 0.250. The molecular formula is C12H15N5O. The Morgan fingerprint density at radius 1 is 1.44 bits per heavy atom. The molecule has 0 saturated heterocycles. The highest BCUT2D eigenvalue weighted by molar-refractivity contribution is 5.73. The Kier molecular flexibility index (Phi) is 4.03. The summed E-state index contributed by atoms with van der Waals surface area (Å²) in [6, 6.07) is 3.84. The van der Waals surface area contributed by atoms with Crippen LogP contribution in [0, 0.1) is 0 Å². The van der Waals surface area contributed by atoms with Crippen molar-refractivity contribution in [2.24, 2.45) is 5.73 Å². The molecule has 2 aromatic rings. The molecule has 0 spiro atoms. The van der Waals surface area contributed by atoms with Crippen molar-refractivity contribution in [1.82, 2.24) is 20.5 Å². The SMILES string of the molecule is NC(=O)CCNCc1cn[nH]c1-c1cccnc1. The number of nitrogens with zero attached hydrogens (tertiary/aromatic N) is 2. The van der Waals surface area contributed by atoms with Gasteiger partial charge in [0, 0.05) is 43.0 Å². The fourth-order valence-corrected chi connectivity index (χ4v) is 1.64. The number of aromatic nitrogens is 3. The largest absolute Gasteiger partial charge is 0.370 e. The van der Waals surface area contributed by atoms with Crippen molar-refractivity contribution < 1.29 is 4.79 Å². The molecule has 0 aliphatic rings. The summed E-state index contributed by atoms with van der Waals surface area (Å²) in [5, 5.41) is 10.1. The summed E-state index contributed by atoms with van der Waals surface area (Å²) in [7, 11) is 0. The Labute approximate surface area is 105 Å². The second-order valence-corrected chi connectivity index (χ2v) is 3.91. The Hall–Kier alpha value is -2.21. The van der Waals surface area contributed by atoms with E-state index >= 15 is 0 Å². The van der Waals surface area contributed by atoms with Crippen LogP contribution in [0.5, 0.6) is 0 Å². The van der Waals surface area contributed by atoms with Crippen LogP contribution in [-0.2, 0) is 11.3 Å². The number of carbonyl (C=O) groups excluding carboxylic acids is 1. The van der Waals surface area contributed by atoms with Gasteiger partial charge in [-0.05, 0) is 12.1 Å². The molecule has 6 heteroatoms. The zero-order chi connectivity index (χ0) is 12.8. The first kappa shape index (κ1) is 12.3. The van der Waals surface area contributed by atoms with E-state index in [0.717, 1.165) is 16.8 Å². The van der Waals surface area contributed by atoms with E-state index in [1.807, 2.05) is 12.1 Å². The van der Waals surface area contributed by atoms with E-state index in [0.29, 0.717) is 19.5 Å². The Balaban J connectivity index is 1.98. The van der Waals surface area contributed by atoms with Gasteiger partial charge in [-0.15, -0.1) is 0 Å². The third kappa shape index (κ3) is 3.14. The zero-order valence-corrected chi connectivity index (χ0v) is 9.89. The predicted molar refractivity (Wildman–Crippen MR) is 67.3 cm³/mol. The van der Waals surface area contributed by atoms with Gasteiger partial charge in [0.05, 0.1) is 11.9 Å². The van der Waals surface area contributed by atoms with Gasteiger partial charge >= 0.3 is 0 Å². The van der Waals surface area contributed by atoms with Crippen molar-refractivity contribution in [3.8, 4) is 11.3 Å². The van der Waals surface area contributed by atoms with Crippen LogP contribution in [0.25, 0.3) is 11.3 Å². The molecule has 2 heterocycles. The van der Waals surface area contributed by atoms with Gasteiger partial charge in [-0.1, -0.05) is 0 Å². The molecular weight excluding hydrogens is 230 g/mol. The number of H-pyrrole nitrogens is 1. The van der Waals surface area contributed by atoms with E-state index in [1.165, 1.54) is 0 Å². The average molecular weight is 245 g/mol. The lowest BCUT2D eigenvalue weighted by atomic mass is 10.1. The molecule has 0 fully saturated rings. The lowest BCUT2D eigenvalue weighted by Crippen LogP contribution is -2.21. The van der Waals surface area contributed by atoms with E-state index in [4.69, 9.17) is 5.73 Å². The first-order valence-corrected chi connectivity index (χ1v) is 5.69. The summed E-state index contributed by atoms with van der Waals surface area (Å²) < 4.78 is 0. The van der Waals surface area contributed by atoms with Crippen LogP contribution >= 0.6 is 0 Å². The number of amides is 1. The maximum absolute atomic E-state index is 10.6. The van der Waals surface area contributed by atoms with Gasteiger partial charge in [-0.25, -0.2) is 0 Å². The monoisotopic (exact) mass is 245 g/mol. The van der Waals surface area contributed by atoms with Crippen LogP contribution in [0.1, 0.15) is 12.0 Å². The Morgan fingerprint density at radius 3 is 3.06 bits per heavy atom. The molecule has 94 valence electrons. The number of rotatable bonds is 6. The molecule has 0 aromatic carbocycles. The number of primary amides is 1. The molecule has 0 bridgehead atoms. The first-order valence-electron chi connectivity index (χ1n) is 5.69. The number of carbonyl (C=O) groups is 1. The number of hydrogen-bond acceptors (Lipinski definition) is 4. The van der Waals surface area contributed by atoms with Crippen LogP contribution in [0.2, 0.25) is 0 Å². The van der Waals surface area contributed by atoms with Gasteiger partial charge in [0.2, 0.25) is 5.91 Å². The second-order valence-electron chi connectivity index (χ2n) is 3.91. The summed E-state index contributed by atoms with van der Waals surface area (Å²) in [6.45, 7) is 1.20. The summed E-state index contributed by atoms with van der Waals surface area (Å²) in [5.74, 6) is -0.304. The molecule has 0 atom stereocenters. The first-order chi connectivity index (χ1) is 8.77. The lowest BCUT2D eigenvalue weighted by Gasteiger charge is -2.04. The van der Waals surface area contributed by atoms with Crippen LogP contribution < -0.4 is 11.1 Å². The lowest BCUT2D eigenvalue weighted by molar-refractivity contribution is -0.117. The number of nitrogens with one attached hydrogen (secondary N) is 2. The highest BCUT2D eigenvalue weighted by atomic mass is 16.1.